The molecule has 0 fully saturated rings. The number of halogens is 1. The molecular weight excluding hydrogens is 362 g/mol. The van der Waals surface area contributed by atoms with Crippen LogP contribution in [0.2, 0.25) is 5.02 Å². The standard InChI is InChI=1S/C17H16ClN3O3S/c1-12-3-7-15(8-4-12)25(23,24)21(2)11-17(22)20-14-6-5-13(10-19)16(18)9-14/h3-9H,11H2,1-2H3,(H,20,22). The van der Waals surface area contributed by atoms with Crippen LogP contribution in [-0.4, -0.2) is 32.2 Å². The topological polar surface area (TPSA) is 90.3 Å². The second-order valence-electron chi connectivity index (χ2n) is 5.43. The van der Waals surface area contributed by atoms with Crippen molar-refractivity contribution >= 4 is 33.2 Å². The van der Waals surface area contributed by atoms with Gasteiger partial charge in [0.2, 0.25) is 15.9 Å². The Bertz CT molecular complexity index is 935. The molecule has 0 radical (unpaired) electrons. The van der Waals surface area contributed by atoms with Gasteiger partial charge in [0.25, 0.3) is 0 Å². The summed E-state index contributed by atoms with van der Waals surface area (Å²) >= 11 is 5.90. The lowest BCUT2D eigenvalue weighted by molar-refractivity contribution is -0.116. The lowest BCUT2D eigenvalue weighted by Gasteiger charge is -2.17. The molecule has 1 amide bonds. The van der Waals surface area contributed by atoms with Crippen LogP contribution in [0.15, 0.2) is 47.4 Å². The fourth-order valence-electron chi connectivity index (χ4n) is 2.06. The quantitative estimate of drug-likeness (QED) is 0.867. The number of anilines is 1. The van der Waals surface area contributed by atoms with Crippen LogP contribution in [0.25, 0.3) is 0 Å². The normalized spacial score (nSPS) is 11.2. The van der Waals surface area contributed by atoms with E-state index in [2.05, 4.69) is 5.32 Å². The SMILES string of the molecule is Cc1ccc(S(=O)(=O)N(C)CC(=O)Nc2ccc(C#N)c(Cl)c2)cc1. The number of sulfonamides is 1. The molecule has 0 saturated heterocycles. The average molecular weight is 378 g/mol. The van der Waals surface area contributed by atoms with E-state index in [-0.39, 0.29) is 16.5 Å². The number of benzene rings is 2. The Morgan fingerprint density at radius 3 is 2.44 bits per heavy atom. The Balaban J connectivity index is 2.08. The third-order valence-corrected chi connectivity index (χ3v) is 5.60. The zero-order chi connectivity index (χ0) is 18.6. The number of likely N-dealkylation sites (N-methyl/N-ethyl adjacent to an activating group) is 1. The number of carbonyl (C=O) groups is 1. The Morgan fingerprint density at radius 2 is 1.88 bits per heavy atom. The number of amides is 1. The van der Waals surface area contributed by atoms with Crippen LogP contribution in [0, 0.1) is 18.3 Å². The second kappa shape index (κ2) is 7.66. The highest BCUT2D eigenvalue weighted by molar-refractivity contribution is 7.89. The highest BCUT2D eigenvalue weighted by atomic mass is 35.5. The smallest absolute Gasteiger partial charge is 0.243 e. The zero-order valence-electron chi connectivity index (χ0n) is 13.7. The van der Waals surface area contributed by atoms with E-state index in [0.29, 0.717) is 11.3 Å². The molecular formula is C17H16ClN3O3S. The predicted octanol–water partition coefficient (Wildman–Crippen LogP) is 2.78. The number of rotatable bonds is 5. The van der Waals surface area contributed by atoms with Gasteiger partial charge in [-0.1, -0.05) is 29.3 Å². The number of hydrogen-bond acceptors (Lipinski definition) is 4. The molecule has 6 nitrogen and oxygen atoms in total. The summed E-state index contributed by atoms with van der Waals surface area (Å²) in [7, 11) is -2.42. The van der Waals surface area contributed by atoms with E-state index in [4.69, 9.17) is 16.9 Å². The molecule has 1 N–H and O–H groups in total. The summed E-state index contributed by atoms with van der Waals surface area (Å²) in [6, 6.07) is 12.7. The number of nitrogens with one attached hydrogen (secondary N) is 1. The first-order chi connectivity index (χ1) is 11.7. The molecule has 0 aromatic heterocycles. The van der Waals surface area contributed by atoms with Crippen LogP contribution in [-0.2, 0) is 14.8 Å². The van der Waals surface area contributed by atoms with E-state index >= 15 is 0 Å². The number of nitriles is 1. The summed E-state index contributed by atoms with van der Waals surface area (Å²) in [6.07, 6.45) is 0. The number of nitrogens with zero attached hydrogens (tertiary/aromatic N) is 2. The molecule has 0 heterocycles. The fraction of sp³-hybridized carbons (Fsp3) is 0.176. The molecule has 0 aliphatic rings. The fourth-order valence-corrected chi connectivity index (χ4v) is 3.41. The van der Waals surface area contributed by atoms with E-state index in [0.717, 1.165) is 9.87 Å². The minimum Gasteiger partial charge on any atom is -0.325 e. The van der Waals surface area contributed by atoms with Gasteiger partial charge in [-0.3, -0.25) is 4.79 Å². The molecule has 0 bridgehead atoms. The molecule has 0 aliphatic heterocycles. The number of hydrogen-bond donors (Lipinski definition) is 1. The number of carbonyl (C=O) groups excluding carboxylic acids is 1. The van der Waals surface area contributed by atoms with Crippen molar-refractivity contribution < 1.29 is 13.2 Å². The Morgan fingerprint density at radius 1 is 1.24 bits per heavy atom. The average Bonchev–Trinajstić information content (AvgIpc) is 2.55. The van der Waals surface area contributed by atoms with Gasteiger partial charge in [0.05, 0.1) is 22.0 Å². The summed E-state index contributed by atoms with van der Waals surface area (Å²) in [5.74, 6) is -0.515. The molecule has 0 atom stereocenters. The molecule has 0 aliphatic carbocycles. The molecule has 130 valence electrons. The first-order valence-corrected chi connectivity index (χ1v) is 9.08. The maximum absolute atomic E-state index is 12.5. The summed E-state index contributed by atoms with van der Waals surface area (Å²) in [4.78, 5) is 12.2. The van der Waals surface area contributed by atoms with Crippen molar-refractivity contribution in [1.82, 2.24) is 4.31 Å². The third kappa shape index (κ3) is 4.57. The Kier molecular flexibility index (Phi) is 5.80. The number of aryl methyl sites for hydroxylation is 1. The van der Waals surface area contributed by atoms with Crippen LogP contribution in [0.1, 0.15) is 11.1 Å². The van der Waals surface area contributed by atoms with Crippen molar-refractivity contribution in [2.45, 2.75) is 11.8 Å². The summed E-state index contributed by atoms with van der Waals surface area (Å²) < 4.78 is 25.9. The lowest BCUT2D eigenvalue weighted by atomic mass is 10.2. The first kappa shape index (κ1) is 18.9. The highest BCUT2D eigenvalue weighted by Gasteiger charge is 2.22. The predicted molar refractivity (Wildman–Crippen MR) is 95.8 cm³/mol. The molecule has 8 heteroatoms. The van der Waals surface area contributed by atoms with Crippen LogP contribution >= 0.6 is 11.6 Å². The van der Waals surface area contributed by atoms with E-state index in [9.17, 15) is 13.2 Å². The van der Waals surface area contributed by atoms with Gasteiger partial charge in [0.15, 0.2) is 0 Å². The van der Waals surface area contributed by atoms with Crippen molar-refractivity contribution in [1.29, 1.82) is 5.26 Å². The Hall–Kier alpha value is -2.40. The third-order valence-electron chi connectivity index (χ3n) is 3.47. The summed E-state index contributed by atoms with van der Waals surface area (Å²) in [6.45, 7) is 1.50. The van der Waals surface area contributed by atoms with Crippen molar-refractivity contribution in [2.75, 3.05) is 18.9 Å². The van der Waals surface area contributed by atoms with Crippen LogP contribution in [0.3, 0.4) is 0 Å². The van der Waals surface area contributed by atoms with Gasteiger partial charge in [0.1, 0.15) is 6.07 Å². The zero-order valence-corrected chi connectivity index (χ0v) is 15.2. The second-order valence-corrected chi connectivity index (χ2v) is 7.88. The maximum atomic E-state index is 12.5. The molecule has 25 heavy (non-hydrogen) atoms. The molecule has 0 unspecified atom stereocenters. The van der Waals surface area contributed by atoms with Crippen molar-refractivity contribution in [3.05, 3.63) is 58.6 Å². The Labute approximate surface area is 151 Å². The van der Waals surface area contributed by atoms with E-state index < -0.39 is 15.9 Å². The van der Waals surface area contributed by atoms with Crippen molar-refractivity contribution in [3.63, 3.8) is 0 Å². The van der Waals surface area contributed by atoms with Gasteiger partial charge in [0, 0.05) is 12.7 Å². The largest absolute Gasteiger partial charge is 0.325 e. The van der Waals surface area contributed by atoms with Crippen molar-refractivity contribution in [2.24, 2.45) is 0 Å². The minimum absolute atomic E-state index is 0.120. The van der Waals surface area contributed by atoms with Gasteiger partial charge in [-0.05, 0) is 37.3 Å². The molecule has 2 aromatic rings. The highest BCUT2D eigenvalue weighted by Crippen LogP contribution is 2.20. The summed E-state index contributed by atoms with van der Waals surface area (Å²) in [5.41, 5.74) is 1.62. The summed E-state index contributed by atoms with van der Waals surface area (Å²) in [5, 5.41) is 11.6. The van der Waals surface area contributed by atoms with Crippen LogP contribution < -0.4 is 5.32 Å². The monoisotopic (exact) mass is 377 g/mol. The maximum Gasteiger partial charge on any atom is 0.243 e. The van der Waals surface area contributed by atoms with Crippen molar-refractivity contribution in [3.8, 4) is 6.07 Å². The first-order valence-electron chi connectivity index (χ1n) is 7.26. The van der Waals surface area contributed by atoms with Crippen LogP contribution in [0.4, 0.5) is 5.69 Å². The van der Waals surface area contributed by atoms with E-state index in [1.54, 1.807) is 12.1 Å². The van der Waals surface area contributed by atoms with Crippen LogP contribution in [0.5, 0.6) is 0 Å². The molecule has 2 aromatic carbocycles. The molecule has 0 spiro atoms. The molecule has 2 rings (SSSR count). The van der Waals surface area contributed by atoms with E-state index in [1.165, 1.54) is 37.4 Å². The van der Waals surface area contributed by atoms with Gasteiger partial charge < -0.3 is 5.32 Å². The van der Waals surface area contributed by atoms with E-state index in [1.807, 2.05) is 13.0 Å². The lowest BCUT2D eigenvalue weighted by Crippen LogP contribution is -2.34. The van der Waals surface area contributed by atoms with Gasteiger partial charge >= 0.3 is 0 Å². The van der Waals surface area contributed by atoms with Gasteiger partial charge in [-0.2, -0.15) is 9.57 Å². The molecule has 0 saturated carbocycles. The van der Waals surface area contributed by atoms with Gasteiger partial charge in [-0.15, -0.1) is 0 Å². The minimum atomic E-state index is -3.76. The van der Waals surface area contributed by atoms with Gasteiger partial charge in [-0.25, -0.2) is 8.42 Å².